The lowest BCUT2D eigenvalue weighted by Crippen LogP contribution is -2.57. The van der Waals surface area contributed by atoms with Crippen molar-refractivity contribution in [2.24, 2.45) is 0 Å². The first-order chi connectivity index (χ1) is 9.26. The van der Waals surface area contributed by atoms with Gasteiger partial charge in [0.25, 0.3) is 5.78 Å². The van der Waals surface area contributed by atoms with Crippen LogP contribution in [0.3, 0.4) is 0 Å². The molecule has 0 atom stereocenters. The van der Waals surface area contributed by atoms with Crippen molar-refractivity contribution in [1.29, 1.82) is 0 Å². The Morgan fingerprint density at radius 2 is 1.85 bits per heavy atom. The second kappa shape index (κ2) is 4.30. The summed E-state index contributed by atoms with van der Waals surface area (Å²) in [6.07, 6.45) is 1.49. The second-order valence-corrected chi connectivity index (χ2v) is 6.77. The first-order valence-electron chi connectivity index (χ1n) is 6.57. The van der Waals surface area contributed by atoms with Crippen LogP contribution < -0.4 is 4.90 Å². The number of ether oxygens (including phenoxy) is 1. The molecule has 0 radical (unpaired) electrons. The SMILES string of the molecule is CC1(C)CN(c2cc(Cl)nc3ncnn23)CC(C)(C)O1. The van der Waals surface area contributed by atoms with Gasteiger partial charge in [-0.1, -0.05) is 11.6 Å². The molecule has 1 aliphatic rings. The van der Waals surface area contributed by atoms with Crippen molar-refractivity contribution < 1.29 is 4.74 Å². The Balaban J connectivity index is 2.08. The van der Waals surface area contributed by atoms with Gasteiger partial charge in [-0.15, -0.1) is 0 Å². The number of hydrogen-bond acceptors (Lipinski definition) is 5. The van der Waals surface area contributed by atoms with Crippen molar-refractivity contribution in [1.82, 2.24) is 19.6 Å². The van der Waals surface area contributed by atoms with Crippen LogP contribution in [0.25, 0.3) is 5.78 Å². The normalized spacial score (nSPS) is 21.4. The first-order valence-corrected chi connectivity index (χ1v) is 6.95. The predicted octanol–water partition coefficient (Wildman–Crippen LogP) is 2.17. The molecule has 0 N–H and O–H groups in total. The highest BCUT2D eigenvalue weighted by Crippen LogP contribution is 2.31. The van der Waals surface area contributed by atoms with E-state index in [0.29, 0.717) is 10.9 Å². The predicted molar refractivity (Wildman–Crippen MR) is 77.2 cm³/mol. The van der Waals surface area contributed by atoms with E-state index < -0.39 is 0 Å². The Kier molecular flexibility index (Phi) is 2.92. The van der Waals surface area contributed by atoms with Crippen LogP contribution in [0.1, 0.15) is 27.7 Å². The lowest BCUT2D eigenvalue weighted by atomic mass is 9.99. The maximum Gasteiger partial charge on any atom is 0.255 e. The number of rotatable bonds is 1. The van der Waals surface area contributed by atoms with Gasteiger partial charge in [0, 0.05) is 19.2 Å². The standard InChI is InChI=1S/C13H18ClN5O/c1-12(2)6-18(7-13(3,4)20-12)10-5-9(14)17-11-15-8-16-19(10)11/h5,8H,6-7H2,1-4H3. The maximum atomic E-state index is 6.10. The Labute approximate surface area is 122 Å². The van der Waals surface area contributed by atoms with Crippen LogP contribution in [0.15, 0.2) is 12.4 Å². The van der Waals surface area contributed by atoms with E-state index in [1.165, 1.54) is 6.33 Å². The molecule has 1 fully saturated rings. The van der Waals surface area contributed by atoms with E-state index in [2.05, 4.69) is 47.7 Å². The molecular weight excluding hydrogens is 278 g/mol. The Morgan fingerprint density at radius 1 is 1.20 bits per heavy atom. The molecule has 0 unspecified atom stereocenters. The Hall–Kier alpha value is -1.40. The molecule has 0 amide bonds. The van der Waals surface area contributed by atoms with Crippen LogP contribution in [-0.4, -0.2) is 43.9 Å². The van der Waals surface area contributed by atoms with Crippen molar-refractivity contribution >= 4 is 23.2 Å². The summed E-state index contributed by atoms with van der Waals surface area (Å²) in [6, 6.07) is 1.82. The van der Waals surface area contributed by atoms with Crippen molar-refractivity contribution in [2.45, 2.75) is 38.9 Å². The van der Waals surface area contributed by atoms with Gasteiger partial charge in [0.2, 0.25) is 0 Å². The van der Waals surface area contributed by atoms with Crippen molar-refractivity contribution in [2.75, 3.05) is 18.0 Å². The van der Waals surface area contributed by atoms with Crippen LogP contribution in [0, 0.1) is 0 Å². The van der Waals surface area contributed by atoms with Crippen molar-refractivity contribution in [3.63, 3.8) is 0 Å². The minimum absolute atomic E-state index is 0.246. The third kappa shape index (κ3) is 2.45. The van der Waals surface area contributed by atoms with E-state index >= 15 is 0 Å². The summed E-state index contributed by atoms with van der Waals surface area (Å²) in [6.45, 7) is 9.85. The molecule has 3 rings (SSSR count). The fourth-order valence-electron chi connectivity index (χ4n) is 2.94. The van der Waals surface area contributed by atoms with Gasteiger partial charge in [0.1, 0.15) is 17.3 Å². The van der Waals surface area contributed by atoms with E-state index in [0.717, 1.165) is 18.9 Å². The number of aromatic nitrogens is 4. The lowest BCUT2D eigenvalue weighted by molar-refractivity contribution is -0.133. The highest BCUT2D eigenvalue weighted by atomic mass is 35.5. The Morgan fingerprint density at radius 3 is 2.50 bits per heavy atom. The monoisotopic (exact) mass is 295 g/mol. The van der Waals surface area contributed by atoms with E-state index in [9.17, 15) is 0 Å². The molecule has 1 saturated heterocycles. The topological polar surface area (TPSA) is 55.6 Å². The first kappa shape index (κ1) is 13.6. The minimum Gasteiger partial charge on any atom is -0.366 e. The van der Waals surface area contributed by atoms with Gasteiger partial charge in [-0.3, -0.25) is 0 Å². The summed E-state index contributed by atoms with van der Waals surface area (Å²) < 4.78 is 7.81. The summed E-state index contributed by atoms with van der Waals surface area (Å²) in [5.74, 6) is 1.40. The third-order valence-corrected chi connectivity index (χ3v) is 3.42. The molecule has 6 nitrogen and oxygen atoms in total. The fraction of sp³-hybridized carbons (Fsp3) is 0.615. The third-order valence-electron chi connectivity index (χ3n) is 3.22. The van der Waals surface area contributed by atoms with Crippen molar-refractivity contribution in [3.05, 3.63) is 17.5 Å². The van der Waals surface area contributed by atoms with Crippen molar-refractivity contribution in [3.8, 4) is 0 Å². The van der Waals surface area contributed by atoms with Crippen LogP contribution in [0.2, 0.25) is 5.15 Å². The highest BCUT2D eigenvalue weighted by Gasteiger charge is 2.39. The summed E-state index contributed by atoms with van der Waals surface area (Å²) in [5, 5.41) is 4.65. The lowest BCUT2D eigenvalue weighted by Gasteiger charge is -2.47. The zero-order chi connectivity index (χ0) is 14.5. The fourth-order valence-corrected chi connectivity index (χ4v) is 3.12. The molecule has 0 bridgehead atoms. The summed E-state index contributed by atoms with van der Waals surface area (Å²) >= 11 is 6.09. The number of halogens is 1. The molecule has 2 aromatic heterocycles. The average molecular weight is 296 g/mol. The van der Waals surface area contributed by atoms with Gasteiger partial charge in [0.15, 0.2) is 0 Å². The van der Waals surface area contributed by atoms with E-state index in [1.807, 2.05) is 6.07 Å². The van der Waals surface area contributed by atoms with E-state index in [4.69, 9.17) is 16.3 Å². The van der Waals surface area contributed by atoms with Gasteiger partial charge in [0.05, 0.1) is 11.2 Å². The number of nitrogens with zero attached hydrogens (tertiary/aromatic N) is 5. The Bertz CT molecular complexity index is 635. The number of anilines is 1. The minimum atomic E-state index is -0.246. The molecule has 2 aromatic rings. The summed E-state index contributed by atoms with van der Waals surface area (Å²) in [7, 11) is 0. The van der Waals surface area contributed by atoms with Crippen LogP contribution in [0.4, 0.5) is 5.82 Å². The van der Waals surface area contributed by atoms with E-state index in [-0.39, 0.29) is 11.2 Å². The second-order valence-electron chi connectivity index (χ2n) is 6.39. The van der Waals surface area contributed by atoms with Gasteiger partial charge in [-0.25, -0.2) is 0 Å². The average Bonchev–Trinajstić information content (AvgIpc) is 2.71. The number of fused-ring (bicyclic) bond motifs is 1. The van der Waals surface area contributed by atoms with Crippen LogP contribution >= 0.6 is 11.6 Å². The van der Waals surface area contributed by atoms with Crippen LogP contribution in [0.5, 0.6) is 0 Å². The highest BCUT2D eigenvalue weighted by molar-refractivity contribution is 6.29. The summed E-state index contributed by atoms with van der Waals surface area (Å²) in [5.41, 5.74) is -0.491. The largest absolute Gasteiger partial charge is 0.366 e. The zero-order valence-corrected chi connectivity index (χ0v) is 12.8. The zero-order valence-electron chi connectivity index (χ0n) is 12.1. The molecule has 0 spiro atoms. The molecule has 7 heteroatoms. The van der Waals surface area contributed by atoms with Gasteiger partial charge in [-0.05, 0) is 27.7 Å². The molecule has 108 valence electrons. The molecule has 20 heavy (non-hydrogen) atoms. The number of morpholine rings is 1. The summed E-state index contributed by atoms with van der Waals surface area (Å²) in [4.78, 5) is 10.5. The molecule has 3 heterocycles. The van der Waals surface area contributed by atoms with Gasteiger partial charge >= 0.3 is 0 Å². The number of hydrogen-bond donors (Lipinski definition) is 0. The van der Waals surface area contributed by atoms with Gasteiger partial charge in [-0.2, -0.15) is 19.6 Å². The molecular formula is C13H18ClN5O. The molecule has 0 saturated carbocycles. The van der Waals surface area contributed by atoms with Crippen LogP contribution in [-0.2, 0) is 4.74 Å². The molecule has 0 aromatic carbocycles. The maximum absolute atomic E-state index is 6.10. The quantitative estimate of drug-likeness (QED) is 0.755. The molecule has 1 aliphatic heterocycles. The smallest absolute Gasteiger partial charge is 0.255 e. The molecule has 0 aliphatic carbocycles. The van der Waals surface area contributed by atoms with Gasteiger partial charge < -0.3 is 9.64 Å². The van der Waals surface area contributed by atoms with E-state index in [1.54, 1.807) is 4.52 Å².